The van der Waals surface area contributed by atoms with Crippen LogP contribution in [0.2, 0.25) is 0 Å². The van der Waals surface area contributed by atoms with Gasteiger partial charge in [0.15, 0.2) is 9.22 Å². The van der Waals surface area contributed by atoms with Crippen LogP contribution in [-0.4, -0.2) is 53.7 Å². The Bertz CT molecular complexity index is 486. The van der Waals surface area contributed by atoms with Gasteiger partial charge in [-0.15, -0.1) is 0 Å². The molecule has 1 heterocycles. The number of carbonyl (C=O) groups excluding carboxylic acids is 1. The van der Waals surface area contributed by atoms with Gasteiger partial charge < -0.3 is 19.9 Å². The number of hydrogen-bond acceptors (Lipinski definition) is 8. The molecule has 0 spiro atoms. The standard InChI is InChI=1S/C14H24N2O4S2/c1-6-19-12(18)10-11(16-13(21-5)22-10)20-8-9(17)7-15-14(2,3)4/h9,15,17H,6-8H2,1-5H3/t9-/m0/s1. The predicted octanol–water partition coefficient (Wildman–Crippen LogP) is 2.17. The molecule has 1 atom stereocenters. The van der Waals surface area contributed by atoms with Crippen LogP contribution in [0.15, 0.2) is 4.34 Å². The molecule has 0 aliphatic heterocycles. The number of carbonyl (C=O) groups is 1. The maximum absolute atomic E-state index is 11.9. The van der Waals surface area contributed by atoms with Crippen LogP contribution in [-0.2, 0) is 4.74 Å². The lowest BCUT2D eigenvalue weighted by Crippen LogP contribution is -2.42. The summed E-state index contributed by atoms with van der Waals surface area (Å²) >= 11 is 2.66. The number of aliphatic hydroxyl groups excluding tert-OH is 1. The normalized spacial score (nSPS) is 13.0. The van der Waals surface area contributed by atoms with E-state index < -0.39 is 12.1 Å². The fourth-order valence-electron chi connectivity index (χ4n) is 1.46. The van der Waals surface area contributed by atoms with E-state index in [1.807, 2.05) is 27.0 Å². The van der Waals surface area contributed by atoms with E-state index in [-0.39, 0.29) is 18.0 Å². The van der Waals surface area contributed by atoms with Gasteiger partial charge in [0.1, 0.15) is 12.7 Å². The zero-order valence-electron chi connectivity index (χ0n) is 13.6. The third-order valence-electron chi connectivity index (χ3n) is 2.49. The van der Waals surface area contributed by atoms with Crippen LogP contribution in [0.25, 0.3) is 0 Å². The summed E-state index contributed by atoms with van der Waals surface area (Å²) in [6.45, 7) is 8.56. The second-order valence-corrected chi connectivity index (χ2v) is 7.69. The zero-order valence-corrected chi connectivity index (χ0v) is 15.3. The van der Waals surface area contributed by atoms with Crippen LogP contribution in [0.1, 0.15) is 37.4 Å². The summed E-state index contributed by atoms with van der Waals surface area (Å²) < 4.78 is 11.2. The molecule has 0 amide bonds. The van der Waals surface area contributed by atoms with Crippen molar-refractivity contribution in [1.82, 2.24) is 10.3 Å². The van der Waals surface area contributed by atoms with Crippen molar-refractivity contribution in [2.45, 2.75) is 43.7 Å². The fraction of sp³-hybridized carbons (Fsp3) is 0.714. The van der Waals surface area contributed by atoms with Crippen LogP contribution in [0.4, 0.5) is 0 Å². The Morgan fingerprint density at radius 3 is 2.73 bits per heavy atom. The summed E-state index contributed by atoms with van der Waals surface area (Å²) in [7, 11) is 0. The number of esters is 1. The number of aliphatic hydroxyl groups is 1. The van der Waals surface area contributed by atoms with Gasteiger partial charge in [0.05, 0.1) is 6.61 Å². The van der Waals surface area contributed by atoms with Gasteiger partial charge in [-0.25, -0.2) is 4.79 Å². The molecule has 0 saturated carbocycles. The van der Waals surface area contributed by atoms with Crippen molar-refractivity contribution >= 4 is 29.1 Å². The molecule has 0 fully saturated rings. The number of rotatable bonds is 8. The van der Waals surface area contributed by atoms with Crippen molar-refractivity contribution in [3.05, 3.63) is 4.88 Å². The first-order valence-electron chi connectivity index (χ1n) is 7.04. The molecular formula is C14H24N2O4S2. The summed E-state index contributed by atoms with van der Waals surface area (Å²) in [4.78, 5) is 16.5. The smallest absolute Gasteiger partial charge is 0.354 e. The Kier molecular flexibility index (Phi) is 7.61. The lowest BCUT2D eigenvalue weighted by Gasteiger charge is -2.22. The largest absolute Gasteiger partial charge is 0.474 e. The summed E-state index contributed by atoms with van der Waals surface area (Å²) in [5, 5.41) is 13.1. The maximum Gasteiger partial charge on any atom is 0.354 e. The Balaban J connectivity index is 2.64. The number of thiazole rings is 1. The molecule has 1 rings (SSSR count). The van der Waals surface area contributed by atoms with Crippen LogP contribution in [0.5, 0.6) is 5.88 Å². The number of nitrogens with zero attached hydrogens (tertiary/aromatic N) is 1. The number of hydrogen-bond donors (Lipinski definition) is 2. The molecule has 0 aliphatic rings. The lowest BCUT2D eigenvalue weighted by atomic mass is 10.1. The van der Waals surface area contributed by atoms with Crippen molar-refractivity contribution in [3.63, 3.8) is 0 Å². The van der Waals surface area contributed by atoms with E-state index in [0.717, 1.165) is 4.34 Å². The highest BCUT2D eigenvalue weighted by Crippen LogP contribution is 2.31. The zero-order chi connectivity index (χ0) is 16.8. The summed E-state index contributed by atoms with van der Waals surface area (Å²) in [6.07, 6.45) is 1.19. The topological polar surface area (TPSA) is 80.7 Å². The Morgan fingerprint density at radius 2 is 2.18 bits per heavy atom. The van der Waals surface area contributed by atoms with E-state index >= 15 is 0 Å². The third-order valence-corrected chi connectivity index (χ3v) is 4.49. The molecular weight excluding hydrogens is 324 g/mol. The van der Waals surface area contributed by atoms with Crippen molar-refractivity contribution in [2.75, 3.05) is 26.0 Å². The number of ether oxygens (including phenoxy) is 2. The van der Waals surface area contributed by atoms with Gasteiger partial charge in [0, 0.05) is 12.1 Å². The average molecular weight is 348 g/mol. The number of thioether (sulfide) groups is 1. The molecule has 0 aromatic carbocycles. The van der Waals surface area contributed by atoms with Crippen LogP contribution in [0, 0.1) is 0 Å². The van der Waals surface area contributed by atoms with Crippen molar-refractivity contribution in [3.8, 4) is 5.88 Å². The summed E-state index contributed by atoms with van der Waals surface area (Å²) in [5.74, 6) is -0.222. The fourth-order valence-corrected chi connectivity index (χ4v) is 2.85. The van der Waals surface area contributed by atoms with Crippen LogP contribution >= 0.6 is 23.1 Å². The van der Waals surface area contributed by atoms with Gasteiger partial charge >= 0.3 is 5.97 Å². The quantitative estimate of drug-likeness (QED) is 0.550. The molecule has 0 saturated heterocycles. The molecule has 22 heavy (non-hydrogen) atoms. The Hall–Kier alpha value is -0.830. The van der Waals surface area contributed by atoms with E-state index in [4.69, 9.17) is 9.47 Å². The number of nitrogens with one attached hydrogen (secondary N) is 1. The molecule has 0 unspecified atom stereocenters. The number of aromatic nitrogens is 1. The minimum Gasteiger partial charge on any atom is -0.474 e. The van der Waals surface area contributed by atoms with Gasteiger partial charge in [0.25, 0.3) is 0 Å². The van der Waals surface area contributed by atoms with E-state index in [2.05, 4.69) is 10.3 Å². The van der Waals surface area contributed by atoms with Crippen molar-refractivity contribution in [2.24, 2.45) is 0 Å². The maximum atomic E-state index is 11.9. The first-order valence-corrected chi connectivity index (χ1v) is 9.08. The average Bonchev–Trinajstić information content (AvgIpc) is 2.86. The second kappa shape index (κ2) is 8.71. The van der Waals surface area contributed by atoms with E-state index in [1.165, 1.54) is 23.1 Å². The van der Waals surface area contributed by atoms with Gasteiger partial charge in [-0.3, -0.25) is 0 Å². The van der Waals surface area contributed by atoms with Crippen LogP contribution in [0.3, 0.4) is 0 Å². The minimum absolute atomic E-state index is 0.0625. The predicted molar refractivity (Wildman–Crippen MR) is 89.1 cm³/mol. The van der Waals surface area contributed by atoms with Crippen molar-refractivity contribution in [1.29, 1.82) is 0 Å². The van der Waals surface area contributed by atoms with E-state index in [1.54, 1.807) is 6.92 Å². The molecule has 0 bridgehead atoms. The highest BCUT2D eigenvalue weighted by atomic mass is 32.2. The molecule has 0 radical (unpaired) electrons. The SMILES string of the molecule is CCOC(=O)c1sc(SC)nc1OC[C@@H](O)CNC(C)(C)C. The summed E-state index contributed by atoms with van der Waals surface area (Å²) in [5.41, 5.74) is -0.0796. The highest BCUT2D eigenvalue weighted by molar-refractivity contribution is 8.00. The lowest BCUT2D eigenvalue weighted by molar-refractivity contribution is 0.0520. The molecule has 1 aromatic rings. The second-order valence-electron chi connectivity index (χ2n) is 5.63. The summed E-state index contributed by atoms with van der Waals surface area (Å²) in [6, 6.07) is 0. The van der Waals surface area contributed by atoms with E-state index in [0.29, 0.717) is 18.0 Å². The van der Waals surface area contributed by atoms with Gasteiger partial charge in [-0.1, -0.05) is 23.1 Å². The van der Waals surface area contributed by atoms with E-state index in [9.17, 15) is 9.90 Å². The molecule has 6 nitrogen and oxygen atoms in total. The van der Waals surface area contributed by atoms with Gasteiger partial charge in [0.2, 0.25) is 5.88 Å². The van der Waals surface area contributed by atoms with Crippen molar-refractivity contribution < 1.29 is 19.4 Å². The molecule has 0 aliphatic carbocycles. The van der Waals surface area contributed by atoms with Gasteiger partial charge in [-0.2, -0.15) is 4.98 Å². The first kappa shape index (κ1) is 19.2. The Labute approximate surface area is 139 Å². The molecule has 126 valence electrons. The minimum atomic E-state index is -0.686. The number of β-amino-alcohol motifs (C(OH)–C–C–N with tert-alkyl or cyclic N) is 1. The monoisotopic (exact) mass is 348 g/mol. The molecule has 2 N–H and O–H groups in total. The van der Waals surface area contributed by atoms with Crippen LogP contribution < -0.4 is 10.1 Å². The highest BCUT2D eigenvalue weighted by Gasteiger charge is 2.22. The first-order chi connectivity index (χ1) is 10.3. The third kappa shape index (κ3) is 6.51. The Morgan fingerprint density at radius 1 is 1.50 bits per heavy atom. The molecule has 8 heteroatoms. The van der Waals surface area contributed by atoms with Gasteiger partial charge in [-0.05, 0) is 34.0 Å². The molecule has 1 aromatic heterocycles.